The molecule has 1 fully saturated rings. The van der Waals surface area contributed by atoms with E-state index < -0.39 is 0 Å². The minimum Gasteiger partial charge on any atom is -0.497 e. The van der Waals surface area contributed by atoms with Gasteiger partial charge < -0.3 is 15.8 Å². The Balaban J connectivity index is 0.00000225. The van der Waals surface area contributed by atoms with Crippen LogP contribution in [0.1, 0.15) is 23.8 Å². The van der Waals surface area contributed by atoms with E-state index in [0.717, 1.165) is 24.5 Å². The Hall–Kier alpha value is -1.32. The average molecular weight is 472 g/mol. The molecule has 0 aliphatic carbocycles. The van der Waals surface area contributed by atoms with Gasteiger partial charge in [-0.1, -0.05) is 6.07 Å². The zero-order valence-electron chi connectivity index (χ0n) is 14.4. The van der Waals surface area contributed by atoms with Gasteiger partial charge in [0, 0.05) is 10.6 Å². The van der Waals surface area contributed by atoms with Crippen molar-refractivity contribution in [2.24, 2.45) is 10.7 Å². The van der Waals surface area contributed by atoms with E-state index in [9.17, 15) is 0 Å². The molecule has 1 aromatic heterocycles. The number of nitrogens with one attached hydrogen (secondary N) is 1. The highest BCUT2D eigenvalue weighted by atomic mass is 127. The van der Waals surface area contributed by atoms with E-state index in [1.54, 1.807) is 18.4 Å². The van der Waals surface area contributed by atoms with Gasteiger partial charge in [0.05, 0.1) is 19.7 Å². The fraction of sp³-hybridized carbons (Fsp3) is 0.389. The minimum absolute atomic E-state index is 0. The van der Waals surface area contributed by atoms with E-state index in [1.807, 2.05) is 24.3 Å². The zero-order chi connectivity index (χ0) is 16.8. The normalized spacial score (nSPS) is 16.3. The highest BCUT2D eigenvalue weighted by molar-refractivity contribution is 14.0. The van der Waals surface area contributed by atoms with E-state index >= 15 is 0 Å². The van der Waals surface area contributed by atoms with Crippen LogP contribution in [0.25, 0.3) is 0 Å². The number of likely N-dealkylation sites (tertiary alicyclic amines) is 1. The number of thiophene rings is 1. The predicted molar refractivity (Wildman–Crippen MR) is 116 cm³/mol. The summed E-state index contributed by atoms with van der Waals surface area (Å²) in [4.78, 5) is 8.45. The topological polar surface area (TPSA) is 62.9 Å². The van der Waals surface area contributed by atoms with Crippen molar-refractivity contribution in [3.05, 3.63) is 46.7 Å². The molecule has 3 N–H and O–H groups in total. The van der Waals surface area contributed by atoms with E-state index in [4.69, 9.17) is 10.5 Å². The van der Waals surface area contributed by atoms with Crippen LogP contribution in [-0.4, -0.2) is 37.6 Å². The van der Waals surface area contributed by atoms with Crippen molar-refractivity contribution >= 4 is 47.0 Å². The number of rotatable bonds is 6. The molecule has 1 aliphatic rings. The summed E-state index contributed by atoms with van der Waals surface area (Å²) in [7, 11) is 1.65. The van der Waals surface area contributed by atoms with Crippen molar-refractivity contribution in [2.75, 3.05) is 32.1 Å². The Morgan fingerprint density at radius 1 is 1.28 bits per heavy atom. The Labute approximate surface area is 170 Å². The minimum atomic E-state index is 0. The smallest absolute Gasteiger partial charge is 0.193 e. The molecule has 25 heavy (non-hydrogen) atoms. The van der Waals surface area contributed by atoms with E-state index in [-0.39, 0.29) is 24.0 Å². The second-order valence-corrected chi connectivity index (χ2v) is 6.83. The van der Waals surface area contributed by atoms with Crippen LogP contribution in [0.15, 0.2) is 46.8 Å². The summed E-state index contributed by atoms with van der Waals surface area (Å²) in [5.74, 6) is 1.27. The number of anilines is 1. The summed E-state index contributed by atoms with van der Waals surface area (Å²) in [6, 6.07) is 12.3. The van der Waals surface area contributed by atoms with Crippen LogP contribution < -0.4 is 15.8 Å². The molecule has 0 radical (unpaired) electrons. The third kappa shape index (κ3) is 5.58. The maximum atomic E-state index is 6.07. The summed E-state index contributed by atoms with van der Waals surface area (Å²) < 4.78 is 5.16. The first-order chi connectivity index (χ1) is 11.8. The van der Waals surface area contributed by atoms with Gasteiger partial charge in [-0.2, -0.15) is 0 Å². The molecular weight excluding hydrogens is 447 g/mol. The Morgan fingerprint density at radius 2 is 2.00 bits per heavy atom. The largest absolute Gasteiger partial charge is 0.497 e. The van der Waals surface area contributed by atoms with Gasteiger partial charge in [0.25, 0.3) is 0 Å². The molecular formula is C18H25IN4OS. The summed E-state index contributed by atoms with van der Waals surface area (Å²) in [6.45, 7) is 2.96. The fourth-order valence-electron chi connectivity index (χ4n) is 2.97. The summed E-state index contributed by atoms with van der Waals surface area (Å²) in [6.07, 6.45) is 2.54. The lowest BCUT2D eigenvalue weighted by Crippen LogP contribution is -2.29. The molecule has 1 unspecified atom stereocenters. The van der Waals surface area contributed by atoms with Gasteiger partial charge in [-0.3, -0.25) is 9.89 Å². The molecule has 1 atom stereocenters. The molecule has 3 rings (SSSR count). The average Bonchev–Trinajstić information content (AvgIpc) is 3.30. The number of aliphatic imine (C=N–C) groups is 1. The van der Waals surface area contributed by atoms with Crippen LogP contribution in [0, 0.1) is 0 Å². The molecule has 0 saturated carbocycles. The van der Waals surface area contributed by atoms with Crippen LogP contribution in [0.2, 0.25) is 0 Å². The molecule has 1 saturated heterocycles. The third-order valence-corrected chi connectivity index (χ3v) is 5.22. The van der Waals surface area contributed by atoms with Crippen molar-refractivity contribution in [2.45, 2.75) is 18.9 Å². The van der Waals surface area contributed by atoms with Crippen molar-refractivity contribution < 1.29 is 4.74 Å². The number of benzene rings is 1. The lowest BCUT2D eigenvalue weighted by Gasteiger charge is -2.25. The SMILES string of the molecule is COc1ccc(NC(N)=NCC(c2cccs2)N2CCCC2)cc1.I. The Kier molecular flexibility index (Phi) is 7.98. The van der Waals surface area contributed by atoms with Crippen LogP contribution in [-0.2, 0) is 0 Å². The molecule has 2 aromatic rings. The molecule has 1 aliphatic heterocycles. The number of methoxy groups -OCH3 is 1. The lowest BCUT2D eigenvalue weighted by atomic mass is 10.2. The molecule has 7 heteroatoms. The molecule has 136 valence electrons. The Morgan fingerprint density at radius 3 is 2.60 bits per heavy atom. The molecule has 0 amide bonds. The predicted octanol–water partition coefficient (Wildman–Crippen LogP) is 3.94. The van der Waals surface area contributed by atoms with E-state index in [2.05, 4.69) is 32.7 Å². The zero-order valence-corrected chi connectivity index (χ0v) is 17.5. The number of halogens is 1. The first-order valence-electron chi connectivity index (χ1n) is 8.24. The maximum absolute atomic E-state index is 6.07. The summed E-state index contributed by atoms with van der Waals surface area (Å²) >= 11 is 1.79. The second kappa shape index (κ2) is 9.98. The molecule has 0 spiro atoms. The summed E-state index contributed by atoms with van der Waals surface area (Å²) in [5, 5.41) is 5.27. The molecule has 1 aromatic carbocycles. The number of hydrogen-bond donors (Lipinski definition) is 2. The number of hydrogen-bond acceptors (Lipinski definition) is 4. The summed E-state index contributed by atoms with van der Waals surface area (Å²) in [5.41, 5.74) is 6.98. The molecule has 5 nitrogen and oxygen atoms in total. The number of nitrogens with zero attached hydrogens (tertiary/aromatic N) is 2. The highest BCUT2D eigenvalue weighted by Crippen LogP contribution is 2.28. The standard InChI is InChI=1S/C18H24N4OS.HI/c1-23-15-8-6-14(7-9-15)21-18(19)20-13-16(17-5-4-12-24-17)22-10-2-3-11-22;/h4-9,12,16H,2-3,10-11,13H2,1H3,(H3,19,20,21);1H. The fourth-order valence-corrected chi connectivity index (χ4v) is 3.82. The van der Waals surface area contributed by atoms with Gasteiger partial charge >= 0.3 is 0 Å². The van der Waals surface area contributed by atoms with Gasteiger partial charge in [0.1, 0.15) is 5.75 Å². The van der Waals surface area contributed by atoms with Gasteiger partial charge in [-0.25, -0.2) is 0 Å². The highest BCUT2D eigenvalue weighted by Gasteiger charge is 2.23. The first-order valence-corrected chi connectivity index (χ1v) is 9.12. The third-order valence-electron chi connectivity index (χ3n) is 4.25. The van der Waals surface area contributed by atoms with Gasteiger partial charge in [0.15, 0.2) is 5.96 Å². The van der Waals surface area contributed by atoms with Gasteiger partial charge in [0.2, 0.25) is 0 Å². The maximum Gasteiger partial charge on any atom is 0.193 e. The van der Waals surface area contributed by atoms with Crippen molar-refractivity contribution in [3.8, 4) is 5.75 Å². The number of guanidine groups is 1. The monoisotopic (exact) mass is 472 g/mol. The second-order valence-electron chi connectivity index (χ2n) is 5.85. The van der Waals surface area contributed by atoms with Crippen LogP contribution in [0.4, 0.5) is 5.69 Å². The van der Waals surface area contributed by atoms with E-state index in [0.29, 0.717) is 18.5 Å². The lowest BCUT2D eigenvalue weighted by molar-refractivity contribution is 0.255. The van der Waals surface area contributed by atoms with Crippen LogP contribution in [0.5, 0.6) is 5.75 Å². The quantitative estimate of drug-likeness (QED) is 0.380. The van der Waals surface area contributed by atoms with Crippen molar-refractivity contribution in [3.63, 3.8) is 0 Å². The van der Waals surface area contributed by atoms with Crippen LogP contribution >= 0.6 is 35.3 Å². The Bertz CT molecular complexity index is 654. The van der Waals surface area contributed by atoms with Gasteiger partial charge in [-0.05, 0) is 61.6 Å². The number of ether oxygens (including phenoxy) is 1. The first kappa shape index (κ1) is 20.0. The van der Waals surface area contributed by atoms with Crippen LogP contribution in [0.3, 0.4) is 0 Å². The van der Waals surface area contributed by atoms with Crippen molar-refractivity contribution in [1.29, 1.82) is 0 Å². The molecule has 0 bridgehead atoms. The van der Waals surface area contributed by atoms with E-state index in [1.165, 1.54) is 17.7 Å². The number of nitrogens with two attached hydrogens (primary N) is 1. The van der Waals surface area contributed by atoms with Crippen molar-refractivity contribution in [1.82, 2.24) is 4.90 Å². The molecule has 2 heterocycles. The van der Waals surface area contributed by atoms with Gasteiger partial charge in [-0.15, -0.1) is 35.3 Å².